The monoisotopic (exact) mass is 371 g/mol. The van der Waals surface area contributed by atoms with Crippen molar-refractivity contribution in [3.63, 3.8) is 0 Å². The lowest BCUT2D eigenvalue weighted by Crippen LogP contribution is -2.26. The maximum Gasteiger partial charge on any atom is 0.244 e. The summed E-state index contributed by atoms with van der Waals surface area (Å²) in [5, 5.41) is 2.78. The highest BCUT2D eigenvalue weighted by Crippen LogP contribution is 2.40. The molecule has 2 aromatic rings. The molecule has 0 radical (unpaired) electrons. The molecule has 0 bridgehead atoms. The number of hydrogen-bond acceptors (Lipinski definition) is 5. The molecule has 0 aliphatic heterocycles. The summed E-state index contributed by atoms with van der Waals surface area (Å²) in [6.45, 7) is 2.78. The summed E-state index contributed by atoms with van der Waals surface area (Å²) in [5.41, 5.74) is 1.77. The molecule has 0 unspecified atom stereocenters. The summed E-state index contributed by atoms with van der Waals surface area (Å²) in [5.74, 6) is 2.14. The predicted molar refractivity (Wildman–Crippen MR) is 105 cm³/mol. The Morgan fingerprint density at radius 1 is 0.963 bits per heavy atom. The Morgan fingerprint density at radius 2 is 1.70 bits per heavy atom. The molecule has 2 aromatic carbocycles. The van der Waals surface area contributed by atoms with Gasteiger partial charge in [-0.2, -0.15) is 0 Å². The molecule has 2 rings (SSSR count). The number of rotatable bonds is 9. The third-order valence-corrected chi connectivity index (χ3v) is 3.90. The Labute approximate surface area is 159 Å². The van der Waals surface area contributed by atoms with E-state index in [1.165, 1.54) is 20.3 Å². The molecule has 6 nitrogen and oxygen atoms in total. The van der Waals surface area contributed by atoms with Crippen LogP contribution in [-0.2, 0) is 4.79 Å². The minimum Gasteiger partial charge on any atom is -0.493 e. The lowest BCUT2D eigenvalue weighted by atomic mass is 10.1. The summed E-state index contributed by atoms with van der Waals surface area (Å²) in [7, 11) is 4.63. The van der Waals surface area contributed by atoms with Crippen molar-refractivity contribution in [3.8, 4) is 23.0 Å². The van der Waals surface area contributed by atoms with Gasteiger partial charge in [-0.25, -0.2) is 0 Å². The van der Waals surface area contributed by atoms with Gasteiger partial charge >= 0.3 is 0 Å². The minimum absolute atomic E-state index is 0.222. The van der Waals surface area contributed by atoms with Crippen molar-refractivity contribution in [1.82, 2.24) is 5.32 Å². The van der Waals surface area contributed by atoms with Crippen LogP contribution < -0.4 is 24.3 Å². The second kappa shape index (κ2) is 10.1. The van der Waals surface area contributed by atoms with Crippen LogP contribution in [0.15, 0.2) is 42.5 Å². The van der Waals surface area contributed by atoms with E-state index in [1.54, 1.807) is 25.3 Å². The van der Waals surface area contributed by atoms with Gasteiger partial charge < -0.3 is 24.3 Å². The lowest BCUT2D eigenvalue weighted by Gasteiger charge is -2.14. The molecule has 144 valence electrons. The van der Waals surface area contributed by atoms with E-state index < -0.39 is 0 Å². The number of benzene rings is 2. The fourth-order valence-corrected chi connectivity index (χ4v) is 2.53. The Morgan fingerprint density at radius 3 is 2.37 bits per heavy atom. The van der Waals surface area contributed by atoms with Gasteiger partial charge in [0.25, 0.3) is 0 Å². The van der Waals surface area contributed by atoms with Crippen LogP contribution in [0.4, 0.5) is 0 Å². The highest BCUT2D eigenvalue weighted by Gasteiger charge is 2.14. The molecule has 0 aromatic heterocycles. The Hall–Kier alpha value is -3.15. The Balaban J connectivity index is 1.92. The van der Waals surface area contributed by atoms with E-state index in [9.17, 15) is 4.79 Å². The first-order chi connectivity index (χ1) is 13.1. The van der Waals surface area contributed by atoms with E-state index in [0.717, 1.165) is 11.3 Å². The van der Waals surface area contributed by atoms with Crippen molar-refractivity contribution in [2.75, 3.05) is 34.5 Å². The second-order valence-electron chi connectivity index (χ2n) is 5.66. The van der Waals surface area contributed by atoms with Crippen LogP contribution in [0.25, 0.3) is 6.08 Å². The van der Waals surface area contributed by atoms with Gasteiger partial charge in [0.05, 0.1) is 27.9 Å². The standard InChI is InChI=1S/C21H25NO5/c1-15-7-5-6-8-17(15)27-14-13-22-19(23)12-10-16-9-11-18(24-2)21(26-4)20(16)25-3/h5-12H,13-14H2,1-4H3,(H,22,23)/b12-10+. The third kappa shape index (κ3) is 5.41. The van der Waals surface area contributed by atoms with E-state index in [0.29, 0.717) is 36.0 Å². The molecule has 0 saturated heterocycles. The van der Waals surface area contributed by atoms with Crippen molar-refractivity contribution >= 4 is 12.0 Å². The molecule has 27 heavy (non-hydrogen) atoms. The highest BCUT2D eigenvalue weighted by molar-refractivity contribution is 5.92. The minimum atomic E-state index is -0.222. The van der Waals surface area contributed by atoms with Gasteiger partial charge in [-0.15, -0.1) is 0 Å². The Kier molecular flexibility index (Phi) is 7.55. The molecule has 0 fully saturated rings. The van der Waals surface area contributed by atoms with Gasteiger partial charge in [0, 0.05) is 11.6 Å². The first kappa shape index (κ1) is 20.2. The zero-order chi connectivity index (χ0) is 19.6. The molecule has 0 atom stereocenters. The van der Waals surface area contributed by atoms with Gasteiger partial charge in [0.15, 0.2) is 11.5 Å². The number of nitrogens with one attached hydrogen (secondary N) is 1. The zero-order valence-electron chi connectivity index (χ0n) is 16.1. The number of para-hydroxylation sites is 1. The summed E-state index contributed by atoms with van der Waals surface area (Å²) in [4.78, 5) is 12.0. The summed E-state index contributed by atoms with van der Waals surface area (Å²) >= 11 is 0. The third-order valence-electron chi connectivity index (χ3n) is 3.90. The van der Waals surface area contributed by atoms with Crippen LogP contribution >= 0.6 is 0 Å². The van der Waals surface area contributed by atoms with Crippen molar-refractivity contribution < 1.29 is 23.7 Å². The summed E-state index contributed by atoms with van der Waals surface area (Å²) in [6, 6.07) is 11.3. The van der Waals surface area contributed by atoms with Crippen molar-refractivity contribution in [2.45, 2.75) is 6.92 Å². The maximum atomic E-state index is 12.0. The molecule has 0 aliphatic carbocycles. The number of methoxy groups -OCH3 is 3. The molecule has 0 aliphatic rings. The second-order valence-corrected chi connectivity index (χ2v) is 5.66. The first-order valence-electron chi connectivity index (χ1n) is 8.54. The number of carbonyl (C=O) groups is 1. The number of aryl methyl sites for hydroxylation is 1. The molecular weight excluding hydrogens is 346 g/mol. The lowest BCUT2D eigenvalue weighted by molar-refractivity contribution is -0.116. The molecule has 1 amide bonds. The largest absolute Gasteiger partial charge is 0.493 e. The number of hydrogen-bond donors (Lipinski definition) is 1. The SMILES string of the molecule is COc1ccc(/C=C/C(=O)NCCOc2ccccc2C)c(OC)c1OC. The molecule has 0 saturated carbocycles. The fraction of sp³-hybridized carbons (Fsp3) is 0.286. The molecule has 0 spiro atoms. The normalized spacial score (nSPS) is 10.5. The van der Waals surface area contributed by atoms with Gasteiger partial charge in [-0.1, -0.05) is 18.2 Å². The van der Waals surface area contributed by atoms with Gasteiger partial charge in [-0.3, -0.25) is 4.79 Å². The zero-order valence-corrected chi connectivity index (χ0v) is 16.1. The smallest absolute Gasteiger partial charge is 0.244 e. The van der Waals surface area contributed by atoms with Crippen LogP contribution in [0.3, 0.4) is 0 Å². The molecular formula is C21H25NO5. The first-order valence-corrected chi connectivity index (χ1v) is 8.54. The van der Waals surface area contributed by atoms with Gasteiger partial charge in [0.1, 0.15) is 12.4 Å². The van der Waals surface area contributed by atoms with Gasteiger partial charge in [0.2, 0.25) is 11.7 Å². The van der Waals surface area contributed by atoms with Crippen molar-refractivity contribution in [2.24, 2.45) is 0 Å². The number of amides is 1. The Bertz CT molecular complexity index is 801. The maximum absolute atomic E-state index is 12.0. The number of ether oxygens (including phenoxy) is 4. The van der Waals surface area contributed by atoms with Crippen LogP contribution in [-0.4, -0.2) is 40.4 Å². The van der Waals surface area contributed by atoms with Crippen LogP contribution in [0.5, 0.6) is 23.0 Å². The topological polar surface area (TPSA) is 66.0 Å². The summed E-state index contributed by atoms with van der Waals surface area (Å²) in [6.07, 6.45) is 3.11. The van der Waals surface area contributed by atoms with E-state index in [-0.39, 0.29) is 5.91 Å². The van der Waals surface area contributed by atoms with E-state index >= 15 is 0 Å². The predicted octanol–water partition coefficient (Wildman–Crippen LogP) is 3.23. The summed E-state index contributed by atoms with van der Waals surface area (Å²) < 4.78 is 21.6. The van der Waals surface area contributed by atoms with Crippen molar-refractivity contribution in [1.29, 1.82) is 0 Å². The average Bonchev–Trinajstić information content (AvgIpc) is 2.69. The van der Waals surface area contributed by atoms with Crippen molar-refractivity contribution in [3.05, 3.63) is 53.6 Å². The number of carbonyl (C=O) groups excluding carboxylic acids is 1. The quantitative estimate of drug-likeness (QED) is 0.542. The van der Waals surface area contributed by atoms with Gasteiger partial charge in [-0.05, 0) is 36.8 Å². The van der Waals surface area contributed by atoms with Crippen LogP contribution in [0.2, 0.25) is 0 Å². The van der Waals surface area contributed by atoms with Crippen LogP contribution in [0.1, 0.15) is 11.1 Å². The fourth-order valence-electron chi connectivity index (χ4n) is 2.53. The average molecular weight is 371 g/mol. The molecule has 0 heterocycles. The highest BCUT2D eigenvalue weighted by atomic mass is 16.5. The molecule has 6 heteroatoms. The van der Waals surface area contributed by atoms with E-state index in [1.807, 2.05) is 31.2 Å². The molecule has 1 N–H and O–H groups in total. The van der Waals surface area contributed by atoms with E-state index in [4.69, 9.17) is 18.9 Å². The van der Waals surface area contributed by atoms with E-state index in [2.05, 4.69) is 5.32 Å². The van der Waals surface area contributed by atoms with Crippen LogP contribution in [0, 0.1) is 6.92 Å².